The lowest BCUT2D eigenvalue weighted by molar-refractivity contribution is -0.0313. The maximum atomic E-state index is 13.6. The van der Waals surface area contributed by atoms with Crippen LogP contribution in [0.25, 0.3) is 0 Å². The molecule has 108 valence electrons. The van der Waals surface area contributed by atoms with E-state index in [9.17, 15) is 9.50 Å². The molecule has 0 saturated carbocycles. The predicted octanol–water partition coefficient (Wildman–Crippen LogP) is 2.78. The summed E-state index contributed by atoms with van der Waals surface area (Å²) in [6, 6.07) is 14.5. The number of rotatable bonds is 2. The normalized spacial score (nSPS) is 26.8. The third-order valence-electron chi connectivity index (χ3n) is 4.38. The van der Waals surface area contributed by atoms with Gasteiger partial charge in [0, 0.05) is 24.2 Å². The molecule has 2 unspecified atom stereocenters. The van der Waals surface area contributed by atoms with Gasteiger partial charge in [-0.2, -0.15) is 0 Å². The summed E-state index contributed by atoms with van der Waals surface area (Å²) in [4.78, 5) is 1.96. The SMILES string of the molecule is OC12CCOC1N(Cc1ccccc1)c1cc(F)ccc12. The Bertz CT molecular complexity index is 676. The minimum Gasteiger partial charge on any atom is -0.380 e. The van der Waals surface area contributed by atoms with Crippen LogP contribution in [-0.4, -0.2) is 17.9 Å². The summed E-state index contributed by atoms with van der Waals surface area (Å²) in [6.45, 7) is 1.10. The van der Waals surface area contributed by atoms with Gasteiger partial charge in [0.25, 0.3) is 0 Å². The van der Waals surface area contributed by atoms with Crippen molar-refractivity contribution in [3.63, 3.8) is 0 Å². The second-order valence-electron chi connectivity index (χ2n) is 5.67. The van der Waals surface area contributed by atoms with Gasteiger partial charge in [0.15, 0.2) is 6.23 Å². The minimum absolute atomic E-state index is 0.296. The highest BCUT2D eigenvalue weighted by Crippen LogP contribution is 2.50. The summed E-state index contributed by atoms with van der Waals surface area (Å²) in [5.74, 6) is -0.296. The van der Waals surface area contributed by atoms with E-state index >= 15 is 0 Å². The molecule has 0 radical (unpaired) electrons. The Kier molecular flexibility index (Phi) is 2.77. The number of ether oxygens (including phenoxy) is 1. The molecule has 2 aromatic carbocycles. The van der Waals surface area contributed by atoms with Gasteiger partial charge >= 0.3 is 0 Å². The molecule has 0 bridgehead atoms. The highest BCUT2D eigenvalue weighted by molar-refractivity contribution is 5.63. The molecule has 1 N–H and O–H groups in total. The lowest BCUT2D eigenvalue weighted by atomic mass is 9.93. The summed E-state index contributed by atoms with van der Waals surface area (Å²) in [7, 11) is 0. The standard InChI is InChI=1S/C17H16FNO2/c18-13-6-7-14-15(10-13)19(11-12-4-2-1-3-5-12)16-17(14,20)8-9-21-16/h1-7,10,16,20H,8-9,11H2. The molecule has 4 rings (SSSR count). The van der Waals surface area contributed by atoms with Crippen LogP contribution in [0.4, 0.5) is 10.1 Å². The van der Waals surface area contributed by atoms with E-state index in [-0.39, 0.29) is 5.82 Å². The first kappa shape index (κ1) is 12.8. The van der Waals surface area contributed by atoms with Crippen molar-refractivity contribution in [3.8, 4) is 0 Å². The molecule has 0 aliphatic carbocycles. The van der Waals surface area contributed by atoms with E-state index in [1.807, 2.05) is 35.2 Å². The van der Waals surface area contributed by atoms with Crippen molar-refractivity contribution in [2.24, 2.45) is 0 Å². The van der Waals surface area contributed by atoms with Crippen LogP contribution in [-0.2, 0) is 16.9 Å². The van der Waals surface area contributed by atoms with E-state index in [1.165, 1.54) is 12.1 Å². The number of anilines is 1. The predicted molar refractivity (Wildman–Crippen MR) is 77.3 cm³/mol. The van der Waals surface area contributed by atoms with E-state index in [1.54, 1.807) is 6.07 Å². The second kappa shape index (κ2) is 4.55. The van der Waals surface area contributed by atoms with Crippen molar-refractivity contribution < 1.29 is 14.2 Å². The van der Waals surface area contributed by atoms with Crippen molar-refractivity contribution in [2.45, 2.75) is 24.8 Å². The molecular formula is C17H16FNO2. The lowest BCUT2D eigenvalue weighted by Gasteiger charge is -2.28. The zero-order valence-electron chi connectivity index (χ0n) is 11.5. The molecular weight excluding hydrogens is 269 g/mol. The van der Waals surface area contributed by atoms with Crippen molar-refractivity contribution >= 4 is 5.69 Å². The van der Waals surface area contributed by atoms with Gasteiger partial charge in [-0.05, 0) is 17.7 Å². The largest absolute Gasteiger partial charge is 0.380 e. The molecule has 2 atom stereocenters. The highest BCUT2D eigenvalue weighted by atomic mass is 19.1. The summed E-state index contributed by atoms with van der Waals surface area (Å²) in [6.07, 6.45) is 0.108. The number of benzene rings is 2. The van der Waals surface area contributed by atoms with Crippen molar-refractivity contribution in [3.05, 3.63) is 65.5 Å². The van der Waals surface area contributed by atoms with Crippen LogP contribution in [0.2, 0.25) is 0 Å². The molecule has 4 heteroatoms. The quantitative estimate of drug-likeness (QED) is 0.921. The lowest BCUT2D eigenvalue weighted by Crippen LogP contribution is -2.41. The number of aliphatic hydroxyl groups is 1. The molecule has 0 amide bonds. The van der Waals surface area contributed by atoms with Gasteiger partial charge in [-0.1, -0.05) is 36.4 Å². The second-order valence-corrected chi connectivity index (χ2v) is 5.67. The monoisotopic (exact) mass is 285 g/mol. The van der Waals surface area contributed by atoms with Gasteiger partial charge in [0.05, 0.1) is 6.61 Å². The van der Waals surface area contributed by atoms with Gasteiger partial charge in [0.1, 0.15) is 11.4 Å². The van der Waals surface area contributed by atoms with E-state index in [0.717, 1.165) is 16.8 Å². The molecule has 0 aromatic heterocycles. The molecule has 1 saturated heterocycles. The van der Waals surface area contributed by atoms with Crippen LogP contribution < -0.4 is 4.90 Å². The van der Waals surface area contributed by atoms with Crippen LogP contribution in [0, 0.1) is 5.82 Å². The van der Waals surface area contributed by atoms with E-state index < -0.39 is 11.8 Å². The van der Waals surface area contributed by atoms with Gasteiger partial charge in [-0.15, -0.1) is 0 Å². The molecule has 1 fully saturated rings. The Morgan fingerprint density at radius 1 is 1.24 bits per heavy atom. The smallest absolute Gasteiger partial charge is 0.163 e. The van der Waals surface area contributed by atoms with E-state index in [2.05, 4.69) is 0 Å². The van der Waals surface area contributed by atoms with E-state index in [0.29, 0.717) is 19.6 Å². The van der Waals surface area contributed by atoms with Gasteiger partial charge < -0.3 is 14.7 Å². The molecule has 2 aliphatic rings. The summed E-state index contributed by atoms with van der Waals surface area (Å²) in [5.41, 5.74) is 1.57. The maximum absolute atomic E-state index is 13.6. The summed E-state index contributed by atoms with van der Waals surface area (Å²) < 4.78 is 19.4. The fourth-order valence-corrected chi connectivity index (χ4v) is 3.39. The van der Waals surface area contributed by atoms with Crippen LogP contribution in [0.1, 0.15) is 17.5 Å². The van der Waals surface area contributed by atoms with Crippen molar-refractivity contribution in [1.82, 2.24) is 0 Å². The average molecular weight is 285 g/mol. The van der Waals surface area contributed by atoms with Crippen LogP contribution in [0.5, 0.6) is 0 Å². The Morgan fingerprint density at radius 3 is 2.86 bits per heavy atom. The molecule has 2 aliphatic heterocycles. The van der Waals surface area contributed by atoms with Gasteiger partial charge in [-0.3, -0.25) is 0 Å². The van der Waals surface area contributed by atoms with Crippen LogP contribution in [0.15, 0.2) is 48.5 Å². The number of halogens is 1. The molecule has 21 heavy (non-hydrogen) atoms. The first-order chi connectivity index (χ1) is 10.2. The van der Waals surface area contributed by atoms with Crippen molar-refractivity contribution in [2.75, 3.05) is 11.5 Å². The fraction of sp³-hybridized carbons (Fsp3) is 0.294. The average Bonchev–Trinajstić information content (AvgIpc) is 2.96. The number of fused-ring (bicyclic) bond motifs is 3. The zero-order chi connectivity index (χ0) is 14.4. The summed E-state index contributed by atoms with van der Waals surface area (Å²) in [5, 5.41) is 10.9. The molecule has 2 aromatic rings. The molecule has 3 nitrogen and oxygen atoms in total. The third-order valence-corrected chi connectivity index (χ3v) is 4.38. The topological polar surface area (TPSA) is 32.7 Å². The highest BCUT2D eigenvalue weighted by Gasteiger charge is 2.54. The molecule has 0 spiro atoms. The Balaban J connectivity index is 1.78. The van der Waals surface area contributed by atoms with Crippen LogP contribution >= 0.6 is 0 Å². The molecule has 2 heterocycles. The first-order valence-electron chi connectivity index (χ1n) is 7.13. The summed E-state index contributed by atoms with van der Waals surface area (Å²) >= 11 is 0. The maximum Gasteiger partial charge on any atom is 0.163 e. The first-order valence-corrected chi connectivity index (χ1v) is 7.13. The Morgan fingerprint density at radius 2 is 2.05 bits per heavy atom. The number of hydrogen-bond donors (Lipinski definition) is 1. The van der Waals surface area contributed by atoms with E-state index in [4.69, 9.17) is 4.74 Å². The number of hydrogen-bond acceptors (Lipinski definition) is 3. The van der Waals surface area contributed by atoms with Gasteiger partial charge in [-0.25, -0.2) is 4.39 Å². The fourth-order valence-electron chi connectivity index (χ4n) is 3.39. The Labute approximate surface area is 122 Å². The van der Waals surface area contributed by atoms with Gasteiger partial charge in [0.2, 0.25) is 0 Å². The number of nitrogens with zero attached hydrogens (tertiary/aromatic N) is 1. The van der Waals surface area contributed by atoms with Crippen LogP contribution in [0.3, 0.4) is 0 Å². The zero-order valence-corrected chi connectivity index (χ0v) is 11.5. The Hall–Kier alpha value is -1.91. The third kappa shape index (κ3) is 1.87. The minimum atomic E-state index is -1.03. The van der Waals surface area contributed by atoms with Crippen molar-refractivity contribution in [1.29, 1.82) is 0 Å².